The number of hydrogen-bond acceptors (Lipinski definition) is 3. The highest BCUT2D eigenvalue weighted by molar-refractivity contribution is 5.26. The fraction of sp³-hybridized carbons (Fsp3) is 0.333. The molecule has 0 saturated heterocycles. The van der Waals surface area contributed by atoms with Gasteiger partial charge in [-0.2, -0.15) is 0 Å². The van der Waals surface area contributed by atoms with E-state index >= 15 is 0 Å². The van der Waals surface area contributed by atoms with Gasteiger partial charge in [0.2, 0.25) is 0 Å². The van der Waals surface area contributed by atoms with E-state index in [2.05, 4.69) is 19.2 Å². The summed E-state index contributed by atoms with van der Waals surface area (Å²) in [5.41, 5.74) is 1.21. The number of benzene rings is 1. The molecule has 0 aliphatic carbocycles. The molecule has 96 valence electrons. The van der Waals surface area contributed by atoms with Crippen molar-refractivity contribution >= 4 is 0 Å². The largest absolute Gasteiger partial charge is 0.508 e. The van der Waals surface area contributed by atoms with Gasteiger partial charge in [0.15, 0.2) is 0 Å². The summed E-state index contributed by atoms with van der Waals surface area (Å²) in [5.74, 6) is 1.26. The zero-order valence-electron chi connectivity index (χ0n) is 10.8. The van der Waals surface area contributed by atoms with Crippen molar-refractivity contribution < 1.29 is 9.52 Å². The van der Waals surface area contributed by atoms with Crippen LogP contribution in [0.4, 0.5) is 0 Å². The lowest BCUT2D eigenvalue weighted by Crippen LogP contribution is -2.30. The highest BCUT2D eigenvalue weighted by Crippen LogP contribution is 2.15. The maximum Gasteiger partial charge on any atom is 0.120 e. The van der Waals surface area contributed by atoms with Gasteiger partial charge in [-0.15, -0.1) is 0 Å². The third kappa shape index (κ3) is 3.37. The van der Waals surface area contributed by atoms with E-state index in [4.69, 9.17) is 4.42 Å². The van der Waals surface area contributed by atoms with E-state index in [-0.39, 0.29) is 6.04 Å². The molecule has 2 unspecified atom stereocenters. The second-order valence-corrected chi connectivity index (χ2v) is 4.68. The zero-order chi connectivity index (χ0) is 13.0. The van der Waals surface area contributed by atoms with Gasteiger partial charge in [-0.25, -0.2) is 0 Å². The lowest BCUT2D eigenvalue weighted by Gasteiger charge is -2.18. The molecule has 2 aromatic rings. The number of phenolic OH excluding ortho intramolecular Hbond substituents is 1. The molecule has 0 aliphatic rings. The number of furan rings is 1. The van der Waals surface area contributed by atoms with Crippen LogP contribution < -0.4 is 5.32 Å². The number of nitrogens with one attached hydrogen (secondary N) is 1. The predicted molar refractivity (Wildman–Crippen MR) is 71.5 cm³/mol. The molecular weight excluding hydrogens is 226 g/mol. The molecule has 0 aliphatic heterocycles. The van der Waals surface area contributed by atoms with Crippen molar-refractivity contribution in [2.75, 3.05) is 0 Å². The minimum Gasteiger partial charge on any atom is -0.508 e. The van der Waals surface area contributed by atoms with Gasteiger partial charge in [0.05, 0.1) is 12.3 Å². The van der Waals surface area contributed by atoms with E-state index < -0.39 is 0 Å². The van der Waals surface area contributed by atoms with Crippen LogP contribution in [0, 0.1) is 0 Å². The second-order valence-electron chi connectivity index (χ2n) is 4.68. The van der Waals surface area contributed by atoms with E-state index in [1.165, 1.54) is 5.56 Å². The quantitative estimate of drug-likeness (QED) is 0.849. The molecule has 0 amide bonds. The Bertz CT molecular complexity index is 462. The van der Waals surface area contributed by atoms with Crippen molar-refractivity contribution in [3.8, 4) is 5.75 Å². The Morgan fingerprint density at radius 1 is 1.17 bits per heavy atom. The Kier molecular flexibility index (Phi) is 4.05. The first-order chi connectivity index (χ1) is 8.65. The second kappa shape index (κ2) is 5.74. The lowest BCUT2D eigenvalue weighted by molar-refractivity contribution is 0.397. The van der Waals surface area contributed by atoms with Crippen LogP contribution in [0.5, 0.6) is 5.75 Å². The number of rotatable bonds is 5. The zero-order valence-corrected chi connectivity index (χ0v) is 10.8. The van der Waals surface area contributed by atoms with E-state index in [1.807, 2.05) is 24.3 Å². The third-order valence-electron chi connectivity index (χ3n) is 2.98. The number of phenols is 1. The van der Waals surface area contributed by atoms with Gasteiger partial charge >= 0.3 is 0 Å². The normalized spacial score (nSPS) is 14.3. The molecular formula is C15H19NO2. The number of aromatic hydroxyl groups is 1. The molecule has 2 N–H and O–H groups in total. The molecule has 0 saturated carbocycles. The summed E-state index contributed by atoms with van der Waals surface area (Å²) in [7, 11) is 0. The van der Waals surface area contributed by atoms with Crippen LogP contribution in [0.2, 0.25) is 0 Å². The molecule has 1 aromatic heterocycles. The molecule has 1 heterocycles. The van der Waals surface area contributed by atoms with Gasteiger partial charge in [0.25, 0.3) is 0 Å². The molecule has 0 spiro atoms. The molecule has 0 fully saturated rings. The van der Waals surface area contributed by atoms with Crippen LogP contribution in [-0.4, -0.2) is 11.1 Å². The molecule has 1 aromatic carbocycles. The molecule has 3 heteroatoms. The minimum atomic E-state index is 0.201. The Morgan fingerprint density at radius 3 is 2.50 bits per heavy atom. The van der Waals surface area contributed by atoms with E-state index in [0.29, 0.717) is 11.8 Å². The van der Waals surface area contributed by atoms with Crippen molar-refractivity contribution in [2.24, 2.45) is 0 Å². The number of hydrogen-bond donors (Lipinski definition) is 2. The van der Waals surface area contributed by atoms with Crippen LogP contribution in [0.1, 0.15) is 31.2 Å². The summed E-state index contributed by atoms with van der Waals surface area (Å²) in [6.45, 7) is 4.23. The monoisotopic (exact) mass is 245 g/mol. The first-order valence-corrected chi connectivity index (χ1v) is 6.22. The Morgan fingerprint density at radius 2 is 1.89 bits per heavy atom. The third-order valence-corrected chi connectivity index (χ3v) is 2.98. The Balaban J connectivity index is 1.88. The van der Waals surface area contributed by atoms with Crippen molar-refractivity contribution in [1.82, 2.24) is 5.32 Å². The summed E-state index contributed by atoms with van der Waals surface area (Å²) in [5, 5.41) is 12.7. The molecule has 2 rings (SSSR count). The van der Waals surface area contributed by atoms with E-state index in [0.717, 1.165) is 12.2 Å². The summed E-state index contributed by atoms with van der Waals surface area (Å²) < 4.78 is 5.37. The average Bonchev–Trinajstić information content (AvgIpc) is 2.85. The van der Waals surface area contributed by atoms with E-state index in [9.17, 15) is 5.11 Å². The average molecular weight is 245 g/mol. The van der Waals surface area contributed by atoms with Crippen molar-refractivity contribution in [3.63, 3.8) is 0 Å². The summed E-state index contributed by atoms with van der Waals surface area (Å²) in [6, 6.07) is 11.8. The maximum absolute atomic E-state index is 9.23. The summed E-state index contributed by atoms with van der Waals surface area (Å²) in [6.07, 6.45) is 2.61. The van der Waals surface area contributed by atoms with Gasteiger partial charge in [-0.3, -0.25) is 0 Å². The van der Waals surface area contributed by atoms with Gasteiger partial charge in [0, 0.05) is 6.04 Å². The SMILES string of the molecule is CC(Cc1ccc(O)cc1)NC(C)c1ccco1. The lowest BCUT2D eigenvalue weighted by atomic mass is 10.1. The first-order valence-electron chi connectivity index (χ1n) is 6.22. The first kappa shape index (κ1) is 12.7. The van der Waals surface area contributed by atoms with Crippen molar-refractivity contribution in [2.45, 2.75) is 32.4 Å². The predicted octanol–water partition coefficient (Wildman–Crippen LogP) is 3.27. The topological polar surface area (TPSA) is 45.4 Å². The molecule has 3 nitrogen and oxygen atoms in total. The molecule has 18 heavy (non-hydrogen) atoms. The van der Waals surface area contributed by atoms with Crippen LogP contribution in [0.15, 0.2) is 47.1 Å². The van der Waals surface area contributed by atoms with Gasteiger partial charge < -0.3 is 14.8 Å². The smallest absolute Gasteiger partial charge is 0.120 e. The van der Waals surface area contributed by atoms with Crippen molar-refractivity contribution in [3.05, 3.63) is 54.0 Å². The standard InChI is InChI=1S/C15H19NO2/c1-11(10-13-5-7-14(17)8-6-13)16-12(2)15-4-3-9-18-15/h3-9,11-12,16-17H,10H2,1-2H3. The highest BCUT2D eigenvalue weighted by Gasteiger charge is 2.11. The highest BCUT2D eigenvalue weighted by atomic mass is 16.3. The van der Waals surface area contributed by atoms with Crippen LogP contribution in [0.25, 0.3) is 0 Å². The van der Waals surface area contributed by atoms with Crippen LogP contribution in [-0.2, 0) is 6.42 Å². The Hall–Kier alpha value is -1.74. The minimum absolute atomic E-state index is 0.201. The van der Waals surface area contributed by atoms with Crippen molar-refractivity contribution in [1.29, 1.82) is 0 Å². The van der Waals surface area contributed by atoms with Gasteiger partial charge in [0.1, 0.15) is 11.5 Å². The van der Waals surface area contributed by atoms with Crippen LogP contribution in [0.3, 0.4) is 0 Å². The van der Waals surface area contributed by atoms with E-state index in [1.54, 1.807) is 18.4 Å². The summed E-state index contributed by atoms with van der Waals surface area (Å²) in [4.78, 5) is 0. The van der Waals surface area contributed by atoms with Gasteiger partial charge in [-0.1, -0.05) is 12.1 Å². The fourth-order valence-corrected chi connectivity index (χ4v) is 2.09. The molecule has 2 atom stereocenters. The molecule has 0 radical (unpaired) electrons. The Labute approximate surface area is 107 Å². The summed E-state index contributed by atoms with van der Waals surface area (Å²) >= 11 is 0. The fourth-order valence-electron chi connectivity index (χ4n) is 2.09. The van der Waals surface area contributed by atoms with Gasteiger partial charge in [-0.05, 0) is 50.1 Å². The molecule has 0 bridgehead atoms. The van der Waals surface area contributed by atoms with Crippen LogP contribution >= 0.6 is 0 Å². The maximum atomic E-state index is 9.23.